The predicted octanol–water partition coefficient (Wildman–Crippen LogP) is 2.59. The van der Waals surface area contributed by atoms with E-state index in [4.69, 9.17) is 0 Å². The molecule has 22 heavy (non-hydrogen) atoms. The molecule has 0 aliphatic carbocycles. The van der Waals surface area contributed by atoms with Crippen molar-refractivity contribution in [2.24, 2.45) is 0 Å². The lowest BCUT2D eigenvalue weighted by Gasteiger charge is -2.20. The van der Waals surface area contributed by atoms with Crippen LogP contribution in [0.4, 0.5) is 10.1 Å². The summed E-state index contributed by atoms with van der Waals surface area (Å²) in [6.45, 7) is 5.26. The first-order valence-electron chi connectivity index (χ1n) is 7.06. The molecular weight excluding hydrogens is 285 g/mol. The minimum absolute atomic E-state index is 0.0942. The Morgan fingerprint density at radius 2 is 2.05 bits per heavy atom. The van der Waals surface area contributed by atoms with Crippen molar-refractivity contribution in [1.82, 2.24) is 9.55 Å². The number of hydrogen-bond donors (Lipinski definition) is 1. The number of carbonyl (C=O) groups excluding carboxylic acids is 1. The number of rotatable bonds is 4. The van der Waals surface area contributed by atoms with Gasteiger partial charge in [-0.2, -0.15) is 4.98 Å². The molecule has 6 heteroatoms. The van der Waals surface area contributed by atoms with Crippen LogP contribution in [0.2, 0.25) is 0 Å². The largest absolute Gasteiger partial charge is 0.348 e. The first kappa shape index (κ1) is 15.9. The van der Waals surface area contributed by atoms with Crippen LogP contribution in [0.15, 0.2) is 35.1 Å². The molecule has 2 aromatic rings. The van der Waals surface area contributed by atoms with E-state index in [2.05, 4.69) is 10.3 Å². The second-order valence-electron chi connectivity index (χ2n) is 5.08. The van der Waals surface area contributed by atoms with E-state index in [0.717, 1.165) is 0 Å². The van der Waals surface area contributed by atoms with Crippen LogP contribution < -0.4 is 11.0 Å². The third-order valence-electron chi connectivity index (χ3n) is 3.41. The van der Waals surface area contributed by atoms with Gasteiger partial charge < -0.3 is 5.32 Å². The van der Waals surface area contributed by atoms with Crippen LogP contribution in [0.3, 0.4) is 0 Å². The number of aryl methyl sites for hydroxylation is 2. The number of amides is 1. The highest BCUT2D eigenvalue weighted by atomic mass is 19.1. The lowest BCUT2D eigenvalue weighted by molar-refractivity contribution is -0.119. The SMILES string of the molecule is CC[C@@H](C(=O)Nc1ccccc1F)n1c(C)cc(C)nc1=O. The summed E-state index contributed by atoms with van der Waals surface area (Å²) in [5.41, 5.74) is 0.862. The smallest absolute Gasteiger partial charge is 0.322 e. The van der Waals surface area contributed by atoms with E-state index in [1.807, 2.05) is 0 Å². The molecule has 0 fully saturated rings. The van der Waals surface area contributed by atoms with Gasteiger partial charge in [-0.3, -0.25) is 9.36 Å². The Morgan fingerprint density at radius 3 is 2.64 bits per heavy atom. The average Bonchev–Trinajstić information content (AvgIpc) is 2.45. The van der Waals surface area contributed by atoms with Gasteiger partial charge in [-0.05, 0) is 38.5 Å². The van der Waals surface area contributed by atoms with Gasteiger partial charge in [0, 0.05) is 11.4 Å². The molecular formula is C16H18FN3O2. The molecule has 0 spiro atoms. The molecule has 1 aromatic heterocycles. The molecule has 1 amide bonds. The number of carbonyl (C=O) groups is 1. The van der Waals surface area contributed by atoms with E-state index in [9.17, 15) is 14.0 Å². The van der Waals surface area contributed by atoms with Crippen LogP contribution >= 0.6 is 0 Å². The molecule has 1 N–H and O–H groups in total. The van der Waals surface area contributed by atoms with E-state index in [1.54, 1.807) is 39.0 Å². The van der Waals surface area contributed by atoms with Gasteiger partial charge >= 0.3 is 5.69 Å². The third kappa shape index (κ3) is 3.21. The van der Waals surface area contributed by atoms with E-state index >= 15 is 0 Å². The first-order chi connectivity index (χ1) is 10.4. The molecule has 1 atom stereocenters. The van der Waals surface area contributed by atoms with Crippen LogP contribution in [0.25, 0.3) is 0 Å². The molecule has 0 unspecified atom stereocenters. The maximum atomic E-state index is 13.6. The van der Waals surface area contributed by atoms with Crippen molar-refractivity contribution in [2.45, 2.75) is 33.2 Å². The maximum Gasteiger partial charge on any atom is 0.348 e. The van der Waals surface area contributed by atoms with Crippen LogP contribution in [-0.2, 0) is 4.79 Å². The third-order valence-corrected chi connectivity index (χ3v) is 3.41. The van der Waals surface area contributed by atoms with Crippen molar-refractivity contribution in [2.75, 3.05) is 5.32 Å². The monoisotopic (exact) mass is 303 g/mol. The van der Waals surface area contributed by atoms with Crippen LogP contribution in [-0.4, -0.2) is 15.5 Å². The summed E-state index contributed by atoms with van der Waals surface area (Å²) in [6, 6.07) is 6.91. The molecule has 116 valence electrons. The van der Waals surface area contributed by atoms with Gasteiger partial charge in [0.25, 0.3) is 0 Å². The summed E-state index contributed by atoms with van der Waals surface area (Å²) in [5.74, 6) is -0.958. The summed E-state index contributed by atoms with van der Waals surface area (Å²) in [4.78, 5) is 28.4. The highest BCUT2D eigenvalue weighted by molar-refractivity contribution is 5.93. The van der Waals surface area contributed by atoms with Crippen molar-refractivity contribution in [3.8, 4) is 0 Å². The standard InChI is InChI=1S/C16H18FN3O2/c1-4-14(20-11(3)9-10(2)18-16(20)22)15(21)19-13-8-6-5-7-12(13)17/h5-9,14H,4H2,1-3H3,(H,19,21)/t14-/m0/s1. The molecule has 0 bridgehead atoms. The fourth-order valence-electron chi connectivity index (χ4n) is 2.40. The Balaban J connectivity index is 2.35. The molecule has 0 aliphatic heterocycles. The number of nitrogens with one attached hydrogen (secondary N) is 1. The predicted molar refractivity (Wildman–Crippen MR) is 82.3 cm³/mol. The number of para-hydroxylation sites is 1. The molecule has 0 radical (unpaired) electrons. The van der Waals surface area contributed by atoms with Gasteiger partial charge in [-0.15, -0.1) is 0 Å². The van der Waals surface area contributed by atoms with Crippen molar-refractivity contribution < 1.29 is 9.18 Å². The Kier molecular flexibility index (Phi) is 4.70. The zero-order chi connectivity index (χ0) is 16.3. The van der Waals surface area contributed by atoms with Gasteiger partial charge in [0.1, 0.15) is 11.9 Å². The lowest BCUT2D eigenvalue weighted by atomic mass is 10.1. The summed E-state index contributed by atoms with van der Waals surface area (Å²) in [7, 11) is 0. The summed E-state index contributed by atoms with van der Waals surface area (Å²) >= 11 is 0. The molecule has 0 saturated heterocycles. The number of hydrogen-bond acceptors (Lipinski definition) is 3. The highest BCUT2D eigenvalue weighted by Gasteiger charge is 2.22. The van der Waals surface area contributed by atoms with E-state index in [1.165, 1.54) is 16.7 Å². The van der Waals surface area contributed by atoms with E-state index in [-0.39, 0.29) is 5.69 Å². The molecule has 0 saturated carbocycles. The summed E-state index contributed by atoms with van der Waals surface area (Å²) < 4.78 is 15.0. The molecule has 5 nitrogen and oxygen atoms in total. The fraction of sp³-hybridized carbons (Fsp3) is 0.312. The number of benzene rings is 1. The second kappa shape index (κ2) is 6.51. The Morgan fingerprint density at radius 1 is 1.36 bits per heavy atom. The number of anilines is 1. The Hall–Kier alpha value is -2.50. The van der Waals surface area contributed by atoms with Crippen LogP contribution in [0, 0.1) is 19.7 Å². The zero-order valence-electron chi connectivity index (χ0n) is 12.8. The Bertz CT molecular complexity index is 755. The van der Waals surface area contributed by atoms with Crippen molar-refractivity contribution in [1.29, 1.82) is 0 Å². The molecule has 2 rings (SSSR count). The molecule has 1 aromatic carbocycles. The van der Waals surface area contributed by atoms with Crippen molar-refractivity contribution in [3.05, 3.63) is 58.0 Å². The first-order valence-corrected chi connectivity index (χ1v) is 7.06. The zero-order valence-corrected chi connectivity index (χ0v) is 12.8. The second-order valence-corrected chi connectivity index (χ2v) is 5.08. The Labute approximate surface area is 127 Å². The quantitative estimate of drug-likeness (QED) is 0.944. The summed E-state index contributed by atoms with van der Waals surface area (Å²) in [6.07, 6.45) is 0.395. The normalized spacial score (nSPS) is 12.0. The van der Waals surface area contributed by atoms with Gasteiger partial charge in [0.2, 0.25) is 5.91 Å². The summed E-state index contributed by atoms with van der Waals surface area (Å²) in [5, 5.41) is 2.53. The van der Waals surface area contributed by atoms with Gasteiger partial charge in [-0.1, -0.05) is 19.1 Å². The number of aromatic nitrogens is 2. The van der Waals surface area contributed by atoms with Gasteiger partial charge in [0.15, 0.2) is 0 Å². The minimum atomic E-state index is -0.736. The minimum Gasteiger partial charge on any atom is -0.322 e. The average molecular weight is 303 g/mol. The van der Waals surface area contributed by atoms with E-state index in [0.29, 0.717) is 17.8 Å². The van der Waals surface area contributed by atoms with Gasteiger partial charge in [0.05, 0.1) is 5.69 Å². The lowest BCUT2D eigenvalue weighted by Crippen LogP contribution is -2.36. The fourth-order valence-corrected chi connectivity index (χ4v) is 2.40. The molecule has 1 heterocycles. The van der Waals surface area contributed by atoms with Crippen LogP contribution in [0.1, 0.15) is 30.8 Å². The van der Waals surface area contributed by atoms with Crippen molar-refractivity contribution in [3.63, 3.8) is 0 Å². The highest BCUT2D eigenvalue weighted by Crippen LogP contribution is 2.18. The van der Waals surface area contributed by atoms with E-state index < -0.39 is 23.5 Å². The topological polar surface area (TPSA) is 64.0 Å². The maximum absolute atomic E-state index is 13.6. The number of nitrogens with zero attached hydrogens (tertiary/aromatic N) is 2. The molecule has 0 aliphatic rings. The van der Waals surface area contributed by atoms with Crippen molar-refractivity contribution >= 4 is 11.6 Å². The van der Waals surface area contributed by atoms with Gasteiger partial charge in [-0.25, -0.2) is 9.18 Å². The van der Waals surface area contributed by atoms with Crippen LogP contribution in [0.5, 0.6) is 0 Å². The number of halogens is 1.